The SMILES string of the molecule is CCNCC(CC(C)C)C(C)COC. The van der Waals surface area contributed by atoms with E-state index in [-0.39, 0.29) is 0 Å². The Hall–Kier alpha value is -0.0800. The first kappa shape index (κ1) is 13.9. The van der Waals surface area contributed by atoms with Gasteiger partial charge in [-0.1, -0.05) is 27.7 Å². The zero-order valence-electron chi connectivity index (χ0n) is 10.5. The van der Waals surface area contributed by atoms with Crippen LogP contribution in [0.25, 0.3) is 0 Å². The second-order valence-electron chi connectivity index (χ2n) is 4.63. The van der Waals surface area contributed by atoms with Crippen molar-refractivity contribution in [1.82, 2.24) is 5.32 Å². The van der Waals surface area contributed by atoms with Crippen LogP contribution in [0.5, 0.6) is 0 Å². The third-order valence-corrected chi connectivity index (χ3v) is 2.66. The molecule has 14 heavy (non-hydrogen) atoms. The second-order valence-corrected chi connectivity index (χ2v) is 4.63. The van der Waals surface area contributed by atoms with Crippen molar-refractivity contribution >= 4 is 0 Å². The van der Waals surface area contributed by atoms with Crippen molar-refractivity contribution in [2.75, 3.05) is 26.8 Å². The molecular formula is C12H27NO. The van der Waals surface area contributed by atoms with Gasteiger partial charge in [-0.15, -0.1) is 0 Å². The molecule has 0 rings (SSSR count). The molecule has 0 saturated carbocycles. The highest BCUT2D eigenvalue weighted by molar-refractivity contribution is 4.70. The van der Waals surface area contributed by atoms with E-state index >= 15 is 0 Å². The van der Waals surface area contributed by atoms with E-state index in [0.29, 0.717) is 5.92 Å². The minimum atomic E-state index is 0.654. The Morgan fingerprint density at radius 1 is 1.21 bits per heavy atom. The molecule has 0 radical (unpaired) electrons. The molecule has 0 fully saturated rings. The van der Waals surface area contributed by atoms with Crippen LogP contribution in [-0.4, -0.2) is 26.8 Å². The number of nitrogens with one attached hydrogen (secondary N) is 1. The van der Waals surface area contributed by atoms with Gasteiger partial charge in [-0.25, -0.2) is 0 Å². The highest BCUT2D eigenvalue weighted by Crippen LogP contribution is 2.20. The number of methoxy groups -OCH3 is 1. The fraction of sp³-hybridized carbons (Fsp3) is 1.00. The van der Waals surface area contributed by atoms with Crippen LogP contribution in [-0.2, 0) is 4.74 Å². The van der Waals surface area contributed by atoms with E-state index in [0.717, 1.165) is 31.5 Å². The minimum absolute atomic E-state index is 0.654. The maximum absolute atomic E-state index is 5.22. The lowest BCUT2D eigenvalue weighted by molar-refractivity contribution is 0.120. The van der Waals surface area contributed by atoms with E-state index in [1.165, 1.54) is 6.42 Å². The lowest BCUT2D eigenvalue weighted by Crippen LogP contribution is -2.30. The summed E-state index contributed by atoms with van der Waals surface area (Å²) < 4.78 is 5.22. The van der Waals surface area contributed by atoms with Gasteiger partial charge < -0.3 is 10.1 Å². The molecule has 0 aromatic heterocycles. The third kappa shape index (κ3) is 6.39. The Morgan fingerprint density at radius 2 is 1.86 bits per heavy atom. The predicted octanol–water partition coefficient (Wildman–Crippen LogP) is 2.54. The average molecular weight is 201 g/mol. The molecule has 0 aliphatic heterocycles. The van der Waals surface area contributed by atoms with Crippen LogP contribution in [0, 0.1) is 17.8 Å². The fourth-order valence-corrected chi connectivity index (χ4v) is 1.85. The van der Waals surface area contributed by atoms with Gasteiger partial charge in [0.25, 0.3) is 0 Å². The Kier molecular flexibility index (Phi) is 8.20. The first-order valence-electron chi connectivity index (χ1n) is 5.81. The predicted molar refractivity (Wildman–Crippen MR) is 62.5 cm³/mol. The summed E-state index contributed by atoms with van der Waals surface area (Å²) in [6.45, 7) is 12.1. The van der Waals surface area contributed by atoms with Crippen molar-refractivity contribution in [3.8, 4) is 0 Å². The van der Waals surface area contributed by atoms with Crippen LogP contribution in [0.4, 0.5) is 0 Å². The molecule has 0 aliphatic carbocycles. The summed E-state index contributed by atoms with van der Waals surface area (Å²) in [5.74, 6) is 2.18. The van der Waals surface area contributed by atoms with Gasteiger partial charge in [-0.2, -0.15) is 0 Å². The van der Waals surface area contributed by atoms with Crippen LogP contribution >= 0.6 is 0 Å². The molecular weight excluding hydrogens is 174 g/mol. The molecule has 0 aliphatic rings. The van der Waals surface area contributed by atoms with Gasteiger partial charge in [-0.05, 0) is 37.3 Å². The summed E-state index contributed by atoms with van der Waals surface area (Å²) in [5.41, 5.74) is 0. The molecule has 2 unspecified atom stereocenters. The van der Waals surface area contributed by atoms with Gasteiger partial charge in [0.15, 0.2) is 0 Å². The zero-order valence-corrected chi connectivity index (χ0v) is 10.5. The first-order valence-corrected chi connectivity index (χ1v) is 5.81. The maximum atomic E-state index is 5.22. The smallest absolute Gasteiger partial charge is 0.0490 e. The first-order chi connectivity index (χ1) is 6.61. The molecule has 1 N–H and O–H groups in total. The quantitative estimate of drug-likeness (QED) is 0.651. The largest absolute Gasteiger partial charge is 0.384 e. The van der Waals surface area contributed by atoms with Crippen molar-refractivity contribution < 1.29 is 4.74 Å². The van der Waals surface area contributed by atoms with Crippen molar-refractivity contribution in [3.63, 3.8) is 0 Å². The van der Waals surface area contributed by atoms with Gasteiger partial charge in [0.05, 0.1) is 0 Å². The normalized spacial score (nSPS) is 15.9. The Bertz CT molecular complexity index is 125. The maximum Gasteiger partial charge on any atom is 0.0490 e. The van der Waals surface area contributed by atoms with Crippen LogP contribution in [0.1, 0.15) is 34.1 Å². The highest BCUT2D eigenvalue weighted by Gasteiger charge is 2.17. The van der Waals surface area contributed by atoms with Gasteiger partial charge >= 0.3 is 0 Å². The average Bonchev–Trinajstić information content (AvgIpc) is 2.12. The monoisotopic (exact) mass is 201 g/mol. The molecule has 0 spiro atoms. The third-order valence-electron chi connectivity index (χ3n) is 2.66. The van der Waals surface area contributed by atoms with Crippen LogP contribution in [0.2, 0.25) is 0 Å². The number of rotatable bonds is 8. The second kappa shape index (κ2) is 8.25. The molecule has 0 heterocycles. The molecule has 0 amide bonds. The molecule has 86 valence electrons. The van der Waals surface area contributed by atoms with Gasteiger partial charge in [0.1, 0.15) is 0 Å². The van der Waals surface area contributed by atoms with Crippen molar-refractivity contribution in [2.45, 2.75) is 34.1 Å². The van der Waals surface area contributed by atoms with Crippen LogP contribution < -0.4 is 5.32 Å². The Balaban J connectivity index is 3.94. The summed E-state index contributed by atoms with van der Waals surface area (Å²) in [6.07, 6.45) is 1.29. The summed E-state index contributed by atoms with van der Waals surface area (Å²) in [6, 6.07) is 0. The highest BCUT2D eigenvalue weighted by atomic mass is 16.5. The summed E-state index contributed by atoms with van der Waals surface area (Å²) >= 11 is 0. The van der Waals surface area contributed by atoms with E-state index in [4.69, 9.17) is 4.74 Å². The molecule has 0 saturated heterocycles. The van der Waals surface area contributed by atoms with Gasteiger partial charge in [0.2, 0.25) is 0 Å². The summed E-state index contributed by atoms with van der Waals surface area (Å²) in [4.78, 5) is 0. The lowest BCUT2D eigenvalue weighted by Gasteiger charge is -2.25. The Morgan fingerprint density at radius 3 is 2.29 bits per heavy atom. The molecule has 0 bridgehead atoms. The lowest BCUT2D eigenvalue weighted by atomic mass is 9.87. The molecule has 0 aromatic carbocycles. The van der Waals surface area contributed by atoms with E-state index in [2.05, 4.69) is 33.0 Å². The molecule has 0 aromatic rings. The van der Waals surface area contributed by atoms with Gasteiger partial charge in [-0.3, -0.25) is 0 Å². The van der Waals surface area contributed by atoms with Crippen molar-refractivity contribution in [2.24, 2.45) is 17.8 Å². The van der Waals surface area contributed by atoms with Crippen LogP contribution in [0.15, 0.2) is 0 Å². The number of ether oxygens (including phenoxy) is 1. The summed E-state index contributed by atoms with van der Waals surface area (Å²) in [5, 5.41) is 3.44. The standard InChI is InChI=1S/C12H27NO/c1-6-13-8-12(7-10(2)3)11(4)9-14-5/h10-13H,6-9H2,1-5H3. The minimum Gasteiger partial charge on any atom is -0.384 e. The van der Waals surface area contributed by atoms with E-state index in [1.54, 1.807) is 7.11 Å². The summed E-state index contributed by atoms with van der Waals surface area (Å²) in [7, 11) is 1.79. The van der Waals surface area contributed by atoms with E-state index in [1.807, 2.05) is 0 Å². The molecule has 2 nitrogen and oxygen atoms in total. The number of hydrogen-bond acceptors (Lipinski definition) is 2. The molecule has 2 heteroatoms. The Labute approximate surface area is 89.4 Å². The van der Waals surface area contributed by atoms with Crippen molar-refractivity contribution in [1.29, 1.82) is 0 Å². The molecule has 2 atom stereocenters. The van der Waals surface area contributed by atoms with Crippen LogP contribution in [0.3, 0.4) is 0 Å². The van der Waals surface area contributed by atoms with E-state index < -0.39 is 0 Å². The zero-order chi connectivity index (χ0) is 11.0. The van der Waals surface area contributed by atoms with E-state index in [9.17, 15) is 0 Å². The van der Waals surface area contributed by atoms with Gasteiger partial charge in [0, 0.05) is 13.7 Å². The fourth-order valence-electron chi connectivity index (χ4n) is 1.85. The topological polar surface area (TPSA) is 21.3 Å². The number of hydrogen-bond donors (Lipinski definition) is 1. The van der Waals surface area contributed by atoms with Crippen molar-refractivity contribution in [3.05, 3.63) is 0 Å².